The highest BCUT2D eigenvalue weighted by Crippen LogP contribution is 2.33. The summed E-state index contributed by atoms with van der Waals surface area (Å²) in [7, 11) is 2.06. The molecule has 20 heavy (non-hydrogen) atoms. The van der Waals surface area contributed by atoms with E-state index in [1.54, 1.807) is 0 Å². The molecule has 5 nitrogen and oxygen atoms in total. The summed E-state index contributed by atoms with van der Waals surface area (Å²) in [6.07, 6.45) is 2.52. The Morgan fingerprint density at radius 1 is 1.45 bits per heavy atom. The summed E-state index contributed by atoms with van der Waals surface area (Å²) >= 11 is 0. The molecule has 0 aromatic heterocycles. The number of hydrogen-bond acceptors (Lipinski definition) is 4. The minimum atomic E-state index is -0.758. The number of carboxylic acid groups (broad SMARTS) is 1. The molecule has 2 N–H and O–H groups in total. The lowest BCUT2D eigenvalue weighted by Crippen LogP contribution is -2.53. The van der Waals surface area contributed by atoms with Crippen LogP contribution < -0.4 is 5.32 Å². The van der Waals surface area contributed by atoms with Crippen molar-refractivity contribution in [3.8, 4) is 0 Å². The van der Waals surface area contributed by atoms with Gasteiger partial charge >= 0.3 is 5.97 Å². The summed E-state index contributed by atoms with van der Waals surface area (Å²) in [5.41, 5.74) is -0.758. The van der Waals surface area contributed by atoms with Gasteiger partial charge in [0, 0.05) is 18.6 Å². The van der Waals surface area contributed by atoms with E-state index < -0.39 is 11.5 Å². The van der Waals surface area contributed by atoms with Crippen LogP contribution in [0.5, 0.6) is 0 Å². The molecule has 0 spiro atoms. The summed E-state index contributed by atoms with van der Waals surface area (Å²) in [6, 6.07) is 0.493. The Morgan fingerprint density at radius 3 is 2.60 bits per heavy atom. The van der Waals surface area contributed by atoms with E-state index in [9.17, 15) is 9.90 Å². The zero-order chi connectivity index (χ0) is 15.3. The van der Waals surface area contributed by atoms with Crippen LogP contribution in [0, 0.1) is 0 Å². The Kier molecular flexibility index (Phi) is 6.43. The molecule has 2 atom stereocenters. The van der Waals surface area contributed by atoms with Crippen LogP contribution >= 0.6 is 0 Å². The van der Waals surface area contributed by atoms with Gasteiger partial charge in [-0.3, -0.25) is 10.1 Å². The second kappa shape index (κ2) is 7.38. The Hall–Kier alpha value is -0.650. The molecule has 5 heteroatoms. The molecule has 1 aliphatic carbocycles. The van der Waals surface area contributed by atoms with Gasteiger partial charge in [0.1, 0.15) is 5.54 Å². The zero-order valence-corrected chi connectivity index (χ0v) is 13.5. The second-order valence-electron chi connectivity index (χ2n) is 6.48. The van der Waals surface area contributed by atoms with Gasteiger partial charge in [-0.25, -0.2) is 0 Å². The first-order valence-corrected chi connectivity index (χ1v) is 7.60. The van der Waals surface area contributed by atoms with Crippen molar-refractivity contribution in [1.29, 1.82) is 0 Å². The zero-order valence-electron chi connectivity index (χ0n) is 13.5. The van der Waals surface area contributed by atoms with Crippen LogP contribution in [-0.4, -0.2) is 59.9 Å². The normalized spacial score (nSPS) is 26.9. The van der Waals surface area contributed by atoms with Gasteiger partial charge in [-0.1, -0.05) is 0 Å². The molecule has 0 aromatic rings. The minimum Gasteiger partial charge on any atom is -0.480 e. The number of likely N-dealkylation sites (N-methyl/N-ethyl adjacent to an activating group) is 1. The number of nitrogens with one attached hydrogen (secondary N) is 1. The summed E-state index contributed by atoms with van der Waals surface area (Å²) in [6.45, 7) is 9.59. The van der Waals surface area contributed by atoms with E-state index in [0.717, 1.165) is 13.0 Å². The number of ether oxygens (including phenoxy) is 1. The van der Waals surface area contributed by atoms with Gasteiger partial charge in [0.05, 0.1) is 12.7 Å². The molecule has 0 aromatic carbocycles. The number of hydrogen-bond donors (Lipinski definition) is 2. The first kappa shape index (κ1) is 17.4. The molecule has 0 saturated heterocycles. The summed E-state index contributed by atoms with van der Waals surface area (Å²) in [4.78, 5) is 13.9. The first-order chi connectivity index (χ1) is 9.27. The third-order valence-corrected chi connectivity index (χ3v) is 3.98. The van der Waals surface area contributed by atoms with Crippen LogP contribution in [0.4, 0.5) is 0 Å². The van der Waals surface area contributed by atoms with E-state index in [1.807, 2.05) is 27.7 Å². The molecular formula is C15H30N2O3. The van der Waals surface area contributed by atoms with Crippen molar-refractivity contribution in [2.24, 2.45) is 0 Å². The maximum Gasteiger partial charge on any atom is 0.323 e. The fourth-order valence-electron chi connectivity index (χ4n) is 2.95. The second-order valence-corrected chi connectivity index (χ2v) is 6.48. The van der Waals surface area contributed by atoms with E-state index in [1.165, 1.54) is 0 Å². The van der Waals surface area contributed by atoms with Gasteiger partial charge < -0.3 is 14.7 Å². The molecule has 0 radical (unpaired) electrons. The standard InChI is InChI=1S/C15H30N2O3/c1-11(2)16-15(14(18)19)7-6-13(10-15)17(5)8-9-20-12(3)4/h11-13,16H,6-10H2,1-5H3,(H,18,19). The molecule has 1 rings (SSSR count). The molecule has 0 bridgehead atoms. The monoisotopic (exact) mass is 286 g/mol. The van der Waals surface area contributed by atoms with Gasteiger partial charge in [0.25, 0.3) is 0 Å². The van der Waals surface area contributed by atoms with Gasteiger partial charge in [-0.05, 0) is 54.0 Å². The van der Waals surface area contributed by atoms with Gasteiger partial charge in [-0.2, -0.15) is 0 Å². The fraction of sp³-hybridized carbons (Fsp3) is 0.933. The van der Waals surface area contributed by atoms with Crippen molar-refractivity contribution in [3.05, 3.63) is 0 Å². The predicted octanol–water partition coefficient (Wildman–Crippen LogP) is 1.72. The number of rotatable bonds is 8. The van der Waals surface area contributed by atoms with Crippen molar-refractivity contribution < 1.29 is 14.6 Å². The molecular weight excluding hydrogens is 256 g/mol. The molecule has 1 aliphatic rings. The smallest absolute Gasteiger partial charge is 0.323 e. The maximum absolute atomic E-state index is 11.6. The number of carbonyl (C=O) groups is 1. The Labute approximate surface area is 122 Å². The van der Waals surface area contributed by atoms with Gasteiger partial charge in [0.2, 0.25) is 0 Å². The van der Waals surface area contributed by atoms with Crippen molar-refractivity contribution in [3.63, 3.8) is 0 Å². The highest BCUT2D eigenvalue weighted by Gasteiger charge is 2.46. The largest absolute Gasteiger partial charge is 0.480 e. The minimum absolute atomic E-state index is 0.180. The number of carboxylic acids is 1. The summed E-state index contributed by atoms with van der Waals surface area (Å²) in [5.74, 6) is -0.722. The first-order valence-electron chi connectivity index (χ1n) is 7.60. The van der Waals surface area contributed by atoms with E-state index >= 15 is 0 Å². The van der Waals surface area contributed by atoms with Crippen LogP contribution in [0.1, 0.15) is 47.0 Å². The highest BCUT2D eigenvalue weighted by atomic mass is 16.5. The molecule has 2 unspecified atom stereocenters. The van der Waals surface area contributed by atoms with E-state index in [2.05, 4.69) is 17.3 Å². The molecule has 0 heterocycles. The molecule has 1 fully saturated rings. The Morgan fingerprint density at radius 2 is 2.10 bits per heavy atom. The third-order valence-electron chi connectivity index (χ3n) is 3.98. The van der Waals surface area contributed by atoms with Crippen molar-refractivity contribution in [2.75, 3.05) is 20.2 Å². The predicted molar refractivity (Wildman–Crippen MR) is 80.0 cm³/mol. The SMILES string of the molecule is CC(C)NC1(C(=O)O)CCC(N(C)CCOC(C)C)C1. The summed E-state index contributed by atoms with van der Waals surface area (Å²) < 4.78 is 5.56. The molecule has 1 saturated carbocycles. The Bertz CT molecular complexity index is 320. The van der Waals surface area contributed by atoms with Crippen LogP contribution in [0.2, 0.25) is 0 Å². The van der Waals surface area contributed by atoms with Gasteiger partial charge in [0.15, 0.2) is 0 Å². The van der Waals surface area contributed by atoms with E-state index in [0.29, 0.717) is 25.5 Å². The van der Waals surface area contributed by atoms with Crippen LogP contribution in [0.15, 0.2) is 0 Å². The molecule has 0 amide bonds. The van der Waals surface area contributed by atoms with Crippen LogP contribution in [-0.2, 0) is 9.53 Å². The average Bonchev–Trinajstić information content (AvgIpc) is 2.73. The fourth-order valence-corrected chi connectivity index (χ4v) is 2.95. The topological polar surface area (TPSA) is 61.8 Å². The lowest BCUT2D eigenvalue weighted by Gasteiger charge is -2.30. The Balaban J connectivity index is 2.53. The third kappa shape index (κ3) is 4.72. The van der Waals surface area contributed by atoms with E-state index in [-0.39, 0.29) is 12.1 Å². The van der Waals surface area contributed by atoms with Gasteiger partial charge in [-0.15, -0.1) is 0 Å². The number of nitrogens with zero attached hydrogens (tertiary/aromatic N) is 1. The van der Waals surface area contributed by atoms with Crippen molar-refractivity contribution >= 4 is 5.97 Å². The highest BCUT2D eigenvalue weighted by molar-refractivity contribution is 5.79. The number of aliphatic carboxylic acids is 1. The molecule has 0 aliphatic heterocycles. The lowest BCUT2D eigenvalue weighted by atomic mass is 9.96. The quantitative estimate of drug-likeness (QED) is 0.711. The van der Waals surface area contributed by atoms with Crippen molar-refractivity contribution in [2.45, 2.75) is 70.7 Å². The average molecular weight is 286 g/mol. The summed E-state index contributed by atoms with van der Waals surface area (Å²) in [5, 5.41) is 12.8. The van der Waals surface area contributed by atoms with Crippen LogP contribution in [0.3, 0.4) is 0 Å². The maximum atomic E-state index is 11.6. The van der Waals surface area contributed by atoms with E-state index in [4.69, 9.17) is 4.74 Å². The lowest BCUT2D eigenvalue weighted by molar-refractivity contribution is -0.145. The molecule has 118 valence electrons. The van der Waals surface area contributed by atoms with Crippen LogP contribution in [0.25, 0.3) is 0 Å². The van der Waals surface area contributed by atoms with Crippen molar-refractivity contribution in [1.82, 2.24) is 10.2 Å².